The van der Waals surface area contributed by atoms with Gasteiger partial charge in [0.15, 0.2) is 5.13 Å². The molecule has 3 rings (SSSR count). The molecule has 144 valence electrons. The summed E-state index contributed by atoms with van der Waals surface area (Å²) in [4.78, 5) is 40.6. The number of amides is 2. The van der Waals surface area contributed by atoms with Gasteiger partial charge < -0.3 is 15.4 Å². The van der Waals surface area contributed by atoms with E-state index in [-0.39, 0.29) is 12.2 Å². The Balaban J connectivity index is 1.70. The van der Waals surface area contributed by atoms with Crippen LogP contribution in [-0.2, 0) is 11.3 Å². The van der Waals surface area contributed by atoms with E-state index in [0.717, 1.165) is 10.4 Å². The Labute approximate surface area is 164 Å². The fourth-order valence-electron chi connectivity index (χ4n) is 2.26. The number of hydrogen-bond acceptors (Lipinski definition) is 7. The van der Waals surface area contributed by atoms with Crippen LogP contribution in [0, 0.1) is 6.92 Å². The Kier molecular flexibility index (Phi) is 5.80. The van der Waals surface area contributed by atoms with Gasteiger partial charge in [-0.05, 0) is 37.3 Å². The SMILES string of the molecule is COc1ccc(NC(=O)c2ccc(=O)n(CC(=O)Nc3nc(C)cs3)n2)cc1. The summed E-state index contributed by atoms with van der Waals surface area (Å²) in [5.74, 6) is -0.308. The molecule has 2 N–H and O–H groups in total. The molecule has 9 nitrogen and oxygen atoms in total. The first-order chi connectivity index (χ1) is 13.4. The van der Waals surface area contributed by atoms with Crippen molar-refractivity contribution in [2.45, 2.75) is 13.5 Å². The predicted molar refractivity (Wildman–Crippen MR) is 105 cm³/mol. The summed E-state index contributed by atoms with van der Waals surface area (Å²) >= 11 is 1.28. The highest BCUT2D eigenvalue weighted by Gasteiger charge is 2.13. The van der Waals surface area contributed by atoms with Gasteiger partial charge in [0.1, 0.15) is 18.0 Å². The number of hydrogen-bond donors (Lipinski definition) is 2. The summed E-state index contributed by atoms with van der Waals surface area (Å²) < 4.78 is 5.99. The Morgan fingerprint density at radius 3 is 2.54 bits per heavy atom. The van der Waals surface area contributed by atoms with Crippen molar-refractivity contribution in [3.8, 4) is 5.75 Å². The van der Waals surface area contributed by atoms with Crippen LogP contribution in [-0.4, -0.2) is 33.7 Å². The van der Waals surface area contributed by atoms with Crippen molar-refractivity contribution >= 4 is 34.0 Å². The number of ether oxygens (including phenoxy) is 1. The summed E-state index contributed by atoms with van der Waals surface area (Å²) in [6.45, 7) is 1.48. The Bertz CT molecular complexity index is 1060. The van der Waals surface area contributed by atoms with Crippen LogP contribution in [0.3, 0.4) is 0 Å². The lowest BCUT2D eigenvalue weighted by molar-refractivity contribution is -0.117. The molecule has 0 saturated heterocycles. The molecule has 0 aliphatic heterocycles. The lowest BCUT2D eigenvalue weighted by Crippen LogP contribution is -2.31. The summed E-state index contributed by atoms with van der Waals surface area (Å²) in [5, 5.41) is 11.5. The fourth-order valence-corrected chi connectivity index (χ4v) is 2.96. The molecule has 0 bridgehead atoms. The first-order valence-electron chi connectivity index (χ1n) is 8.20. The molecule has 1 aromatic carbocycles. The first-order valence-corrected chi connectivity index (χ1v) is 9.08. The van der Waals surface area contributed by atoms with E-state index in [9.17, 15) is 14.4 Å². The predicted octanol–water partition coefficient (Wildman–Crippen LogP) is 1.91. The highest BCUT2D eigenvalue weighted by molar-refractivity contribution is 7.13. The van der Waals surface area contributed by atoms with Gasteiger partial charge in [-0.2, -0.15) is 5.10 Å². The van der Waals surface area contributed by atoms with Gasteiger partial charge in [-0.1, -0.05) is 0 Å². The standard InChI is InChI=1S/C18H17N5O4S/c1-11-10-28-18(19-11)21-15(24)9-23-16(25)8-7-14(22-23)17(26)20-12-3-5-13(27-2)6-4-12/h3-8,10H,9H2,1-2H3,(H,20,26)(H,19,21,24). The average Bonchev–Trinajstić information content (AvgIpc) is 3.08. The first kappa shape index (κ1) is 19.2. The van der Waals surface area contributed by atoms with Crippen LogP contribution in [0.2, 0.25) is 0 Å². The van der Waals surface area contributed by atoms with E-state index in [4.69, 9.17) is 4.74 Å². The van der Waals surface area contributed by atoms with E-state index in [1.165, 1.54) is 23.5 Å². The number of benzene rings is 1. The van der Waals surface area contributed by atoms with Gasteiger partial charge in [-0.3, -0.25) is 14.4 Å². The van der Waals surface area contributed by atoms with Crippen molar-refractivity contribution in [3.05, 3.63) is 63.5 Å². The van der Waals surface area contributed by atoms with E-state index < -0.39 is 17.4 Å². The molecule has 0 aliphatic carbocycles. The van der Waals surface area contributed by atoms with E-state index in [2.05, 4.69) is 20.7 Å². The van der Waals surface area contributed by atoms with Gasteiger partial charge in [-0.25, -0.2) is 9.67 Å². The zero-order chi connectivity index (χ0) is 20.1. The van der Waals surface area contributed by atoms with Crippen molar-refractivity contribution in [1.82, 2.24) is 14.8 Å². The average molecular weight is 399 g/mol. The Morgan fingerprint density at radius 2 is 1.89 bits per heavy atom. The van der Waals surface area contributed by atoms with E-state index in [1.54, 1.807) is 36.8 Å². The maximum atomic E-state index is 12.4. The molecule has 0 unspecified atom stereocenters. The number of anilines is 2. The van der Waals surface area contributed by atoms with Crippen molar-refractivity contribution in [2.75, 3.05) is 17.7 Å². The molecule has 10 heteroatoms. The quantitative estimate of drug-likeness (QED) is 0.654. The van der Waals surface area contributed by atoms with Gasteiger partial charge in [0.2, 0.25) is 5.91 Å². The molecule has 3 aromatic rings. The zero-order valence-electron chi connectivity index (χ0n) is 15.1. The number of thiazole rings is 1. The normalized spacial score (nSPS) is 10.4. The van der Waals surface area contributed by atoms with E-state index in [0.29, 0.717) is 16.6 Å². The minimum atomic E-state index is -0.505. The fraction of sp³-hybridized carbons (Fsp3) is 0.167. The number of nitrogens with one attached hydrogen (secondary N) is 2. The van der Waals surface area contributed by atoms with Gasteiger partial charge in [-0.15, -0.1) is 11.3 Å². The topological polar surface area (TPSA) is 115 Å². The van der Waals surface area contributed by atoms with E-state index >= 15 is 0 Å². The zero-order valence-corrected chi connectivity index (χ0v) is 15.9. The van der Waals surface area contributed by atoms with Crippen LogP contribution in [0.1, 0.15) is 16.2 Å². The minimum absolute atomic E-state index is 0.00770. The van der Waals surface area contributed by atoms with Gasteiger partial charge in [0, 0.05) is 17.1 Å². The number of aryl methyl sites for hydroxylation is 1. The number of methoxy groups -OCH3 is 1. The molecule has 0 saturated carbocycles. The second kappa shape index (κ2) is 8.44. The molecule has 0 spiro atoms. The maximum Gasteiger partial charge on any atom is 0.276 e. The van der Waals surface area contributed by atoms with E-state index in [1.807, 2.05) is 6.92 Å². The summed E-state index contributed by atoms with van der Waals surface area (Å²) in [6.07, 6.45) is 0. The van der Waals surface area contributed by atoms with Crippen molar-refractivity contribution < 1.29 is 14.3 Å². The van der Waals surface area contributed by atoms with Crippen LogP contribution in [0.15, 0.2) is 46.6 Å². The third kappa shape index (κ3) is 4.80. The molecule has 2 amide bonds. The molecule has 2 aromatic heterocycles. The third-order valence-electron chi connectivity index (χ3n) is 3.61. The van der Waals surface area contributed by atoms with Crippen LogP contribution in [0.4, 0.5) is 10.8 Å². The second-order valence-corrected chi connectivity index (χ2v) is 6.60. The summed E-state index contributed by atoms with van der Waals surface area (Å²) in [6, 6.07) is 9.26. The lowest BCUT2D eigenvalue weighted by atomic mass is 10.3. The molecular formula is C18H17N5O4S. The molecule has 0 radical (unpaired) electrons. The molecule has 2 heterocycles. The Hall–Kier alpha value is -3.53. The molecule has 0 aliphatic rings. The van der Waals surface area contributed by atoms with Crippen LogP contribution in [0.25, 0.3) is 0 Å². The summed E-state index contributed by atoms with van der Waals surface area (Å²) in [5.41, 5.74) is 0.842. The largest absolute Gasteiger partial charge is 0.497 e. The van der Waals surface area contributed by atoms with Crippen LogP contribution < -0.4 is 20.9 Å². The van der Waals surface area contributed by atoms with Gasteiger partial charge in [0.25, 0.3) is 11.5 Å². The van der Waals surface area contributed by atoms with Gasteiger partial charge >= 0.3 is 0 Å². The molecule has 0 fully saturated rings. The molecule has 28 heavy (non-hydrogen) atoms. The summed E-state index contributed by atoms with van der Waals surface area (Å²) in [7, 11) is 1.55. The monoisotopic (exact) mass is 399 g/mol. The van der Waals surface area contributed by atoms with Gasteiger partial charge in [0.05, 0.1) is 12.8 Å². The Morgan fingerprint density at radius 1 is 1.14 bits per heavy atom. The van der Waals surface area contributed by atoms with Crippen molar-refractivity contribution in [3.63, 3.8) is 0 Å². The van der Waals surface area contributed by atoms with Crippen LogP contribution in [0.5, 0.6) is 5.75 Å². The minimum Gasteiger partial charge on any atom is -0.497 e. The number of rotatable bonds is 6. The number of carbonyl (C=O) groups excluding carboxylic acids is 2. The maximum absolute atomic E-state index is 12.4. The second-order valence-electron chi connectivity index (χ2n) is 5.74. The lowest BCUT2D eigenvalue weighted by Gasteiger charge is -2.08. The number of nitrogens with zero attached hydrogens (tertiary/aromatic N) is 3. The van der Waals surface area contributed by atoms with Crippen molar-refractivity contribution in [2.24, 2.45) is 0 Å². The molecule has 0 atom stereocenters. The molecular weight excluding hydrogens is 382 g/mol. The van der Waals surface area contributed by atoms with Crippen LogP contribution >= 0.6 is 11.3 Å². The number of aromatic nitrogens is 3. The number of carbonyl (C=O) groups is 2. The third-order valence-corrected chi connectivity index (χ3v) is 4.48. The highest BCUT2D eigenvalue weighted by atomic mass is 32.1. The highest BCUT2D eigenvalue weighted by Crippen LogP contribution is 2.16. The smallest absolute Gasteiger partial charge is 0.276 e. The van der Waals surface area contributed by atoms with Crippen molar-refractivity contribution in [1.29, 1.82) is 0 Å².